The number of hydrogen-bond donors (Lipinski definition) is 2. The van der Waals surface area contributed by atoms with E-state index in [0.29, 0.717) is 18.6 Å². The van der Waals surface area contributed by atoms with Gasteiger partial charge in [-0.15, -0.1) is 0 Å². The van der Waals surface area contributed by atoms with Gasteiger partial charge in [-0.05, 0) is 55.2 Å². The highest BCUT2D eigenvalue weighted by molar-refractivity contribution is 6.08. The predicted octanol–water partition coefficient (Wildman–Crippen LogP) is 2.26. The summed E-state index contributed by atoms with van der Waals surface area (Å²) in [6.07, 6.45) is 1.02. The Morgan fingerprint density at radius 1 is 1.03 bits per heavy atom. The molecule has 0 aromatic heterocycles. The van der Waals surface area contributed by atoms with Crippen molar-refractivity contribution >= 4 is 17.8 Å². The third kappa shape index (κ3) is 5.33. The average Bonchev–Trinajstić information content (AvgIpc) is 3.00. The van der Waals surface area contributed by atoms with Crippen molar-refractivity contribution in [1.82, 2.24) is 15.5 Å². The summed E-state index contributed by atoms with van der Waals surface area (Å²) >= 11 is 0. The van der Waals surface area contributed by atoms with Gasteiger partial charge in [0.25, 0.3) is 5.91 Å². The molecule has 164 valence electrons. The van der Waals surface area contributed by atoms with Gasteiger partial charge in [0.2, 0.25) is 5.91 Å². The Hall–Kier alpha value is -3.55. The van der Waals surface area contributed by atoms with Gasteiger partial charge in [0.15, 0.2) is 0 Å². The number of amides is 4. The predicted molar refractivity (Wildman–Crippen MR) is 115 cm³/mol. The molecule has 0 unspecified atom stereocenters. The minimum Gasteiger partial charge on any atom is -0.497 e. The van der Waals surface area contributed by atoms with Gasteiger partial charge in [0.1, 0.15) is 23.6 Å². The first-order valence-corrected chi connectivity index (χ1v) is 10.0. The molecule has 1 saturated heterocycles. The molecule has 0 spiro atoms. The van der Waals surface area contributed by atoms with Crippen molar-refractivity contribution in [3.63, 3.8) is 0 Å². The van der Waals surface area contributed by atoms with Crippen LogP contribution in [0, 0.1) is 0 Å². The monoisotopic (exact) mass is 425 g/mol. The molecule has 4 amide bonds. The standard InChI is InChI=1S/C23H27N3O5/c1-23(12-11-16-7-9-18(30-2)10-8-16)21(28)26(22(29)25-23)15-20(27)24-14-17-5-4-6-19(13-17)31-3/h4-10,13H,11-12,14-15H2,1-3H3,(H,24,27)(H,25,29)/t23-/m0/s1. The number of methoxy groups -OCH3 is 2. The van der Waals surface area contributed by atoms with Crippen LogP contribution in [0.25, 0.3) is 0 Å². The van der Waals surface area contributed by atoms with Crippen molar-refractivity contribution in [2.45, 2.75) is 31.8 Å². The van der Waals surface area contributed by atoms with E-state index in [1.807, 2.05) is 48.5 Å². The second kappa shape index (κ2) is 9.51. The lowest BCUT2D eigenvalue weighted by Crippen LogP contribution is -2.45. The van der Waals surface area contributed by atoms with E-state index in [1.54, 1.807) is 21.1 Å². The van der Waals surface area contributed by atoms with Crippen molar-refractivity contribution in [2.24, 2.45) is 0 Å². The Kier molecular flexibility index (Phi) is 6.79. The fourth-order valence-electron chi connectivity index (χ4n) is 3.43. The SMILES string of the molecule is COc1ccc(CC[C@]2(C)NC(=O)N(CC(=O)NCc3cccc(OC)c3)C2=O)cc1. The molecule has 8 nitrogen and oxygen atoms in total. The molecule has 2 aromatic carbocycles. The first kappa shape index (κ1) is 22.1. The Bertz CT molecular complexity index is 960. The largest absolute Gasteiger partial charge is 0.497 e. The lowest BCUT2D eigenvalue weighted by atomic mass is 9.93. The molecule has 31 heavy (non-hydrogen) atoms. The third-order valence-electron chi connectivity index (χ3n) is 5.34. The number of carbonyl (C=O) groups is 3. The second-order valence-electron chi connectivity index (χ2n) is 7.63. The smallest absolute Gasteiger partial charge is 0.325 e. The maximum atomic E-state index is 12.9. The number of nitrogens with one attached hydrogen (secondary N) is 2. The summed E-state index contributed by atoms with van der Waals surface area (Å²) in [6, 6.07) is 14.3. The molecule has 2 aromatic rings. The van der Waals surface area contributed by atoms with E-state index in [1.165, 1.54) is 0 Å². The molecule has 1 aliphatic heterocycles. The van der Waals surface area contributed by atoms with Crippen LogP contribution in [0.1, 0.15) is 24.5 Å². The van der Waals surface area contributed by atoms with Gasteiger partial charge in [0.05, 0.1) is 14.2 Å². The maximum absolute atomic E-state index is 12.9. The van der Waals surface area contributed by atoms with Crippen molar-refractivity contribution < 1.29 is 23.9 Å². The van der Waals surface area contributed by atoms with E-state index < -0.39 is 23.4 Å². The number of hydrogen-bond acceptors (Lipinski definition) is 5. The molecule has 0 saturated carbocycles. The highest BCUT2D eigenvalue weighted by atomic mass is 16.5. The average molecular weight is 425 g/mol. The summed E-state index contributed by atoms with van der Waals surface area (Å²) in [5.41, 5.74) is 0.831. The van der Waals surface area contributed by atoms with E-state index >= 15 is 0 Å². The Morgan fingerprint density at radius 2 is 1.74 bits per heavy atom. The Morgan fingerprint density at radius 3 is 2.42 bits per heavy atom. The highest BCUT2D eigenvalue weighted by Gasteiger charge is 2.47. The van der Waals surface area contributed by atoms with Crippen LogP contribution in [0.4, 0.5) is 4.79 Å². The summed E-state index contributed by atoms with van der Waals surface area (Å²) in [6.45, 7) is 1.63. The van der Waals surface area contributed by atoms with Gasteiger partial charge in [-0.25, -0.2) is 4.79 Å². The van der Waals surface area contributed by atoms with Crippen LogP contribution in [0.3, 0.4) is 0 Å². The van der Waals surface area contributed by atoms with E-state index in [-0.39, 0.29) is 13.1 Å². The molecule has 1 atom stereocenters. The molecular formula is C23H27N3O5. The number of imide groups is 1. The zero-order chi connectivity index (χ0) is 22.4. The number of carbonyl (C=O) groups excluding carboxylic acids is 3. The van der Waals surface area contributed by atoms with Crippen molar-refractivity contribution in [3.8, 4) is 11.5 Å². The minimum atomic E-state index is -1.05. The summed E-state index contributed by atoms with van der Waals surface area (Å²) in [5.74, 6) is 0.632. The number of rotatable bonds is 9. The van der Waals surface area contributed by atoms with Gasteiger partial charge in [0, 0.05) is 6.54 Å². The van der Waals surface area contributed by atoms with Crippen LogP contribution in [0.5, 0.6) is 11.5 Å². The lowest BCUT2D eigenvalue weighted by Gasteiger charge is -2.21. The second-order valence-corrected chi connectivity index (χ2v) is 7.63. The number of nitrogens with zero attached hydrogens (tertiary/aromatic N) is 1. The number of urea groups is 1. The van der Waals surface area contributed by atoms with Crippen LogP contribution in [0.15, 0.2) is 48.5 Å². The molecular weight excluding hydrogens is 398 g/mol. The minimum absolute atomic E-state index is 0.272. The van der Waals surface area contributed by atoms with Crippen LogP contribution >= 0.6 is 0 Å². The molecule has 0 radical (unpaired) electrons. The molecule has 3 rings (SSSR count). The van der Waals surface area contributed by atoms with Gasteiger partial charge in [-0.3, -0.25) is 14.5 Å². The zero-order valence-electron chi connectivity index (χ0n) is 17.9. The normalized spacial score (nSPS) is 18.0. The van der Waals surface area contributed by atoms with Crippen LogP contribution in [-0.4, -0.2) is 49.0 Å². The summed E-state index contributed by atoms with van der Waals surface area (Å²) < 4.78 is 10.3. The van der Waals surface area contributed by atoms with Crippen molar-refractivity contribution in [1.29, 1.82) is 0 Å². The molecule has 0 bridgehead atoms. The summed E-state index contributed by atoms with van der Waals surface area (Å²) in [4.78, 5) is 38.6. The van der Waals surface area contributed by atoms with E-state index in [0.717, 1.165) is 21.8 Å². The Labute approximate surface area is 181 Å². The highest BCUT2D eigenvalue weighted by Crippen LogP contribution is 2.24. The molecule has 0 aliphatic carbocycles. The van der Waals surface area contributed by atoms with Crippen molar-refractivity contribution in [3.05, 3.63) is 59.7 Å². The van der Waals surface area contributed by atoms with Crippen LogP contribution in [0.2, 0.25) is 0 Å². The fraction of sp³-hybridized carbons (Fsp3) is 0.348. The first-order chi connectivity index (χ1) is 14.8. The van der Waals surface area contributed by atoms with Gasteiger partial charge in [-0.1, -0.05) is 24.3 Å². The molecule has 2 N–H and O–H groups in total. The number of ether oxygens (including phenoxy) is 2. The first-order valence-electron chi connectivity index (χ1n) is 10.0. The van der Waals surface area contributed by atoms with Crippen LogP contribution < -0.4 is 20.1 Å². The van der Waals surface area contributed by atoms with Gasteiger partial charge < -0.3 is 20.1 Å². The molecule has 1 fully saturated rings. The quantitative estimate of drug-likeness (QED) is 0.601. The third-order valence-corrected chi connectivity index (χ3v) is 5.34. The molecule has 1 heterocycles. The van der Waals surface area contributed by atoms with E-state index in [4.69, 9.17) is 9.47 Å². The Balaban J connectivity index is 1.55. The van der Waals surface area contributed by atoms with E-state index in [2.05, 4.69) is 10.6 Å². The van der Waals surface area contributed by atoms with Gasteiger partial charge in [-0.2, -0.15) is 0 Å². The number of benzene rings is 2. The van der Waals surface area contributed by atoms with Crippen LogP contribution in [-0.2, 0) is 22.6 Å². The summed E-state index contributed by atoms with van der Waals surface area (Å²) in [5, 5.41) is 5.47. The molecule has 1 aliphatic rings. The topological polar surface area (TPSA) is 97.0 Å². The number of aryl methyl sites for hydroxylation is 1. The van der Waals surface area contributed by atoms with Crippen molar-refractivity contribution in [2.75, 3.05) is 20.8 Å². The fourth-order valence-corrected chi connectivity index (χ4v) is 3.43. The maximum Gasteiger partial charge on any atom is 0.325 e. The lowest BCUT2D eigenvalue weighted by molar-refractivity contribution is -0.134. The summed E-state index contributed by atoms with van der Waals surface area (Å²) in [7, 11) is 3.17. The zero-order valence-corrected chi connectivity index (χ0v) is 17.9. The molecule has 8 heteroatoms. The van der Waals surface area contributed by atoms with Gasteiger partial charge >= 0.3 is 6.03 Å². The van der Waals surface area contributed by atoms with E-state index in [9.17, 15) is 14.4 Å².